The normalized spacial score (nSPS) is 19.8. The number of carbonyl (C=O) groups excluding carboxylic acids is 1. The lowest BCUT2D eigenvalue weighted by Gasteiger charge is -2.24. The minimum Gasteiger partial charge on any atom is -0.494 e. The van der Waals surface area contributed by atoms with Crippen molar-refractivity contribution < 1.29 is 14.3 Å². The Hall–Kier alpha value is -3.02. The van der Waals surface area contributed by atoms with Crippen LogP contribution in [0.4, 0.5) is 10.5 Å². The van der Waals surface area contributed by atoms with Crippen molar-refractivity contribution in [2.24, 2.45) is 0 Å². The number of benzene rings is 2. The summed E-state index contributed by atoms with van der Waals surface area (Å²) in [4.78, 5) is 21.5. The van der Waals surface area contributed by atoms with Crippen LogP contribution >= 0.6 is 0 Å². The molecule has 0 radical (unpaired) electrons. The summed E-state index contributed by atoms with van der Waals surface area (Å²) in [5, 5.41) is 0. The molecule has 6 nitrogen and oxygen atoms in total. The van der Waals surface area contributed by atoms with E-state index >= 15 is 0 Å². The number of amides is 1. The highest BCUT2D eigenvalue weighted by Crippen LogP contribution is 2.38. The van der Waals surface area contributed by atoms with Gasteiger partial charge in [0.2, 0.25) is 0 Å². The number of hydrogen-bond acceptors (Lipinski definition) is 4. The summed E-state index contributed by atoms with van der Waals surface area (Å²) in [6, 6.07) is 13.4. The first-order valence-electron chi connectivity index (χ1n) is 8.83. The highest BCUT2D eigenvalue weighted by molar-refractivity contribution is 5.93. The van der Waals surface area contributed by atoms with Gasteiger partial charge in [0.25, 0.3) is 0 Å². The number of imidazole rings is 1. The van der Waals surface area contributed by atoms with E-state index in [2.05, 4.69) is 16.9 Å². The van der Waals surface area contributed by atoms with Crippen LogP contribution in [0.2, 0.25) is 0 Å². The first kappa shape index (κ1) is 16.4. The number of nitrogens with zero attached hydrogens (tertiary/aromatic N) is 2. The molecule has 2 aromatic carbocycles. The van der Waals surface area contributed by atoms with Gasteiger partial charge in [-0.05, 0) is 49.2 Å². The number of H-pyrrole nitrogens is 1. The van der Waals surface area contributed by atoms with Gasteiger partial charge in [0.05, 0.1) is 29.7 Å². The van der Waals surface area contributed by atoms with Gasteiger partial charge in [-0.15, -0.1) is 0 Å². The minimum atomic E-state index is -0.340. The fraction of sp³-hybridized carbons (Fsp3) is 0.300. The number of aromatic nitrogens is 2. The Morgan fingerprint density at radius 1 is 1.23 bits per heavy atom. The molecule has 134 valence electrons. The molecule has 6 heteroatoms. The number of hydrogen-bond donors (Lipinski definition) is 1. The van der Waals surface area contributed by atoms with Crippen molar-refractivity contribution in [1.29, 1.82) is 0 Å². The quantitative estimate of drug-likeness (QED) is 0.738. The van der Waals surface area contributed by atoms with E-state index in [1.807, 2.05) is 49.4 Å². The molecule has 26 heavy (non-hydrogen) atoms. The third-order valence-electron chi connectivity index (χ3n) is 4.58. The van der Waals surface area contributed by atoms with Gasteiger partial charge in [0, 0.05) is 0 Å². The van der Waals surface area contributed by atoms with E-state index in [4.69, 9.17) is 9.47 Å². The van der Waals surface area contributed by atoms with Gasteiger partial charge in [-0.25, -0.2) is 9.78 Å². The predicted octanol–water partition coefficient (Wildman–Crippen LogP) is 4.44. The molecular formula is C20H21N3O3. The SMILES string of the molecule is CCCOc1ccc(C2C(C)OC(=O)N2c2ccc3nc[nH]c3c2)cc1. The first-order valence-corrected chi connectivity index (χ1v) is 8.83. The van der Waals surface area contributed by atoms with E-state index in [0.717, 1.165) is 34.5 Å². The number of fused-ring (bicyclic) bond motifs is 1. The van der Waals surface area contributed by atoms with Gasteiger partial charge < -0.3 is 14.5 Å². The second-order valence-electron chi connectivity index (χ2n) is 6.43. The third-order valence-corrected chi connectivity index (χ3v) is 4.58. The number of nitrogens with one attached hydrogen (secondary N) is 1. The molecule has 1 amide bonds. The van der Waals surface area contributed by atoms with Crippen molar-refractivity contribution in [2.75, 3.05) is 11.5 Å². The molecule has 2 heterocycles. The van der Waals surface area contributed by atoms with Crippen LogP contribution in [0.25, 0.3) is 11.0 Å². The summed E-state index contributed by atoms with van der Waals surface area (Å²) in [7, 11) is 0. The lowest BCUT2D eigenvalue weighted by Crippen LogP contribution is -2.28. The third kappa shape index (κ3) is 2.87. The summed E-state index contributed by atoms with van der Waals surface area (Å²) in [6.07, 6.45) is 2.02. The Labute approximate surface area is 151 Å². The number of aromatic amines is 1. The highest BCUT2D eigenvalue weighted by atomic mass is 16.6. The zero-order valence-corrected chi connectivity index (χ0v) is 14.8. The van der Waals surface area contributed by atoms with Crippen LogP contribution in [-0.4, -0.2) is 28.8 Å². The zero-order chi connectivity index (χ0) is 18.1. The van der Waals surface area contributed by atoms with Crippen LogP contribution in [0.1, 0.15) is 31.9 Å². The largest absolute Gasteiger partial charge is 0.494 e. The number of ether oxygens (including phenoxy) is 2. The summed E-state index contributed by atoms with van der Waals surface area (Å²) < 4.78 is 11.2. The molecule has 0 aliphatic carbocycles. The molecule has 1 fully saturated rings. The van der Waals surface area contributed by atoms with Crippen molar-refractivity contribution in [3.63, 3.8) is 0 Å². The second kappa shape index (κ2) is 6.71. The number of cyclic esters (lactones) is 1. The molecular weight excluding hydrogens is 330 g/mol. The molecule has 0 bridgehead atoms. The first-order chi connectivity index (χ1) is 12.7. The standard InChI is InChI=1S/C20H21N3O3/c1-3-10-25-16-7-4-14(5-8-16)19-13(2)26-20(24)23(19)15-6-9-17-18(11-15)22-12-21-17/h4-9,11-13,19H,3,10H2,1-2H3,(H,21,22). The highest BCUT2D eigenvalue weighted by Gasteiger charge is 2.41. The van der Waals surface area contributed by atoms with Crippen LogP contribution in [-0.2, 0) is 4.74 Å². The van der Waals surface area contributed by atoms with Gasteiger partial charge in [-0.2, -0.15) is 0 Å². The molecule has 1 aliphatic rings. The average molecular weight is 351 g/mol. The second-order valence-corrected chi connectivity index (χ2v) is 6.43. The Balaban J connectivity index is 1.67. The minimum absolute atomic E-state index is 0.192. The van der Waals surface area contributed by atoms with Crippen LogP contribution < -0.4 is 9.64 Å². The predicted molar refractivity (Wildman–Crippen MR) is 99.5 cm³/mol. The van der Waals surface area contributed by atoms with E-state index < -0.39 is 0 Å². The Kier molecular flexibility index (Phi) is 4.24. The number of carbonyl (C=O) groups is 1. The lowest BCUT2D eigenvalue weighted by atomic mass is 10.0. The van der Waals surface area contributed by atoms with E-state index in [-0.39, 0.29) is 18.2 Å². The van der Waals surface area contributed by atoms with Crippen LogP contribution in [0.5, 0.6) is 5.75 Å². The molecule has 2 unspecified atom stereocenters. The maximum atomic E-state index is 12.5. The van der Waals surface area contributed by atoms with Crippen LogP contribution in [0.15, 0.2) is 48.8 Å². The molecule has 2 atom stereocenters. The van der Waals surface area contributed by atoms with E-state index in [1.165, 1.54) is 0 Å². The summed E-state index contributed by atoms with van der Waals surface area (Å²) >= 11 is 0. The van der Waals surface area contributed by atoms with Gasteiger partial charge >= 0.3 is 6.09 Å². The van der Waals surface area contributed by atoms with Gasteiger partial charge in [0.15, 0.2) is 0 Å². The molecule has 4 rings (SSSR count). The van der Waals surface area contributed by atoms with Crippen LogP contribution in [0.3, 0.4) is 0 Å². The zero-order valence-electron chi connectivity index (χ0n) is 14.8. The topological polar surface area (TPSA) is 67.5 Å². The van der Waals surface area contributed by atoms with Crippen molar-refractivity contribution in [3.05, 3.63) is 54.4 Å². The maximum Gasteiger partial charge on any atom is 0.415 e. The van der Waals surface area contributed by atoms with E-state index in [0.29, 0.717) is 6.61 Å². The van der Waals surface area contributed by atoms with Gasteiger partial charge in [0.1, 0.15) is 17.9 Å². The smallest absolute Gasteiger partial charge is 0.415 e. The van der Waals surface area contributed by atoms with Gasteiger partial charge in [-0.1, -0.05) is 19.1 Å². The molecule has 3 aromatic rings. The maximum absolute atomic E-state index is 12.5. The number of anilines is 1. The van der Waals surface area contributed by atoms with Crippen molar-refractivity contribution >= 4 is 22.8 Å². The van der Waals surface area contributed by atoms with Gasteiger partial charge in [-0.3, -0.25) is 4.90 Å². The molecule has 0 spiro atoms. The van der Waals surface area contributed by atoms with Crippen molar-refractivity contribution in [1.82, 2.24) is 9.97 Å². The number of rotatable bonds is 5. The summed E-state index contributed by atoms with van der Waals surface area (Å²) in [5.41, 5.74) is 3.55. The monoisotopic (exact) mass is 351 g/mol. The summed E-state index contributed by atoms with van der Waals surface area (Å²) in [6.45, 7) is 4.68. The lowest BCUT2D eigenvalue weighted by molar-refractivity contribution is 0.141. The van der Waals surface area contributed by atoms with E-state index in [9.17, 15) is 4.79 Å². The molecule has 1 aliphatic heterocycles. The molecule has 1 N–H and O–H groups in total. The molecule has 1 aromatic heterocycles. The summed E-state index contributed by atoms with van der Waals surface area (Å²) in [5.74, 6) is 0.832. The van der Waals surface area contributed by atoms with E-state index in [1.54, 1.807) is 11.2 Å². The molecule has 1 saturated heterocycles. The Bertz CT molecular complexity index is 919. The van der Waals surface area contributed by atoms with Crippen LogP contribution in [0, 0.1) is 0 Å². The fourth-order valence-corrected chi connectivity index (χ4v) is 3.34. The Morgan fingerprint density at radius 2 is 2.04 bits per heavy atom. The Morgan fingerprint density at radius 3 is 2.81 bits per heavy atom. The molecule has 0 saturated carbocycles. The van der Waals surface area contributed by atoms with Crippen molar-refractivity contribution in [3.8, 4) is 5.75 Å². The fourth-order valence-electron chi connectivity index (χ4n) is 3.34. The average Bonchev–Trinajstić information content (AvgIpc) is 3.23. The van der Waals surface area contributed by atoms with Crippen molar-refractivity contribution in [2.45, 2.75) is 32.4 Å².